The lowest BCUT2D eigenvalue weighted by Crippen LogP contribution is -2.50. The number of hydrogen-bond acceptors (Lipinski definition) is 4. The maximum absolute atomic E-state index is 13.7. The molecule has 0 saturated carbocycles. The van der Waals surface area contributed by atoms with Gasteiger partial charge < -0.3 is 14.8 Å². The number of nitrogens with one attached hydrogen (secondary N) is 1. The van der Waals surface area contributed by atoms with Crippen molar-refractivity contribution >= 4 is 45.2 Å². The number of piperidine rings is 1. The molecule has 1 saturated heterocycles. The highest BCUT2D eigenvalue weighted by Crippen LogP contribution is 2.35. The summed E-state index contributed by atoms with van der Waals surface area (Å²) in [7, 11) is 0. The largest absolute Gasteiger partial charge is 0.336 e. The minimum Gasteiger partial charge on any atom is -0.336 e. The van der Waals surface area contributed by atoms with Crippen LogP contribution < -0.4 is 10.9 Å². The van der Waals surface area contributed by atoms with E-state index in [9.17, 15) is 14.4 Å². The Morgan fingerprint density at radius 1 is 1.03 bits per heavy atom. The summed E-state index contributed by atoms with van der Waals surface area (Å²) in [5.41, 5.74) is 1.72. The smallest absolute Gasteiger partial charge is 0.270 e. The molecule has 2 amide bonds. The van der Waals surface area contributed by atoms with Crippen LogP contribution in [-0.2, 0) is 11.3 Å². The maximum atomic E-state index is 13.7. The van der Waals surface area contributed by atoms with Crippen molar-refractivity contribution in [3.63, 3.8) is 0 Å². The van der Waals surface area contributed by atoms with Gasteiger partial charge in [0.05, 0.1) is 5.56 Å². The fraction of sp³-hybridized carbons (Fsp3) is 0.240. The number of likely N-dealkylation sites (tertiary alicyclic amines) is 1. The van der Waals surface area contributed by atoms with Gasteiger partial charge in [0.25, 0.3) is 17.4 Å². The van der Waals surface area contributed by atoms with Crippen molar-refractivity contribution in [1.29, 1.82) is 0 Å². The van der Waals surface area contributed by atoms with Crippen molar-refractivity contribution in [3.8, 4) is 0 Å². The van der Waals surface area contributed by atoms with Crippen molar-refractivity contribution in [1.82, 2.24) is 14.8 Å². The second kappa shape index (κ2) is 9.11. The standard InChI is InChI=1S/C25H22BrN3O3S/c26-20-7-2-1-6-19(20)24(31)27-21(12-18-5-4-10-33-18)25(32)28-13-16-11-17(15-28)22-8-3-9-23(30)29(22)14-16/h1-10,12,16-17H,11,13-15H2,(H,27,31)/b21-12-/t16-,17+/m1/s1. The molecule has 2 aliphatic rings. The van der Waals surface area contributed by atoms with Crippen molar-refractivity contribution in [2.75, 3.05) is 13.1 Å². The van der Waals surface area contributed by atoms with Crippen molar-refractivity contribution in [2.24, 2.45) is 5.92 Å². The molecule has 6 nitrogen and oxygen atoms in total. The third-order valence-corrected chi connectivity index (χ3v) is 7.70. The topological polar surface area (TPSA) is 71.4 Å². The molecule has 2 atom stereocenters. The zero-order valence-electron chi connectivity index (χ0n) is 17.7. The van der Waals surface area contributed by atoms with Crippen molar-refractivity contribution in [3.05, 3.63) is 96.6 Å². The molecule has 1 aromatic carbocycles. The normalized spacial score (nSPS) is 19.7. The summed E-state index contributed by atoms with van der Waals surface area (Å²) in [5.74, 6) is -0.225. The van der Waals surface area contributed by atoms with E-state index in [2.05, 4.69) is 21.2 Å². The van der Waals surface area contributed by atoms with E-state index in [4.69, 9.17) is 0 Å². The average Bonchev–Trinajstić information content (AvgIpc) is 3.32. The summed E-state index contributed by atoms with van der Waals surface area (Å²) < 4.78 is 2.51. The third-order valence-electron chi connectivity index (χ3n) is 6.19. The second-order valence-corrected chi connectivity index (χ2v) is 10.2. The Kier molecular flexibility index (Phi) is 6.03. The zero-order valence-corrected chi connectivity index (χ0v) is 20.1. The van der Waals surface area contributed by atoms with E-state index in [1.54, 1.807) is 36.4 Å². The number of thiophene rings is 1. The number of aromatic nitrogens is 1. The van der Waals surface area contributed by atoms with Crippen LogP contribution in [0.15, 0.2) is 74.9 Å². The number of carbonyl (C=O) groups excluding carboxylic acids is 2. The molecular weight excluding hydrogens is 502 g/mol. The number of nitrogens with zero attached hydrogens (tertiary/aromatic N) is 2. The van der Waals surface area contributed by atoms with Gasteiger partial charge in [-0.3, -0.25) is 14.4 Å². The SMILES string of the molecule is O=C(N/C(=C\c1cccs1)C(=O)N1C[C@H]2C[C@@H](C1)c1cccc(=O)n1C2)c1ccccc1Br. The Balaban J connectivity index is 1.43. The molecule has 3 aromatic rings. The molecule has 33 heavy (non-hydrogen) atoms. The lowest BCUT2D eigenvalue weighted by atomic mass is 9.83. The first-order chi connectivity index (χ1) is 16.0. The molecule has 0 spiro atoms. The molecular formula is C25H22BrN3O3S. The monoisotopic (exact) mass is 523 g/mol. The van der Waals surface area contributed by atoms with Gasteiger partial charge >= 0.3 is 0 Å². The molecule has 0 unspecified atom stereocenters. The van der Waals surface area contributed by atoms with Crippen LogP contribution in [0.5, 0.6) is 0 Å². The zero-order chi connectivity index (χ0) is 22.9. The molecule has 0 aliphatic carbocycles. The molecule has 5 rings (SSSR count). The van der Waals surface area contributed by atoms with Gasteiger partial charge in [-0.1, -0.05) is 24.3 Å². The molecule has 2 aliphatic heterocycles. The van der Waals surface area contributed by atoms with Gasteiger partial charge in [0.1, 0.15) is 5.70 Å². The lowest BCUT2D eigenvalue weighted by Gasteiger charge is -2.43. The summed E-state index contributed by atoms with van der Waals surface area (Å²) in [5, 5.41) is 4.79. The van der Waals surface area contributed by atoms with Crippen LogP contribution in [0.25, 0.3) is 6.08 Å². The average molecular weight is 524 g/mol. The summed E-state index contributed by atoms with van der Waals surface area (Å²) in [6.07, 6.45) is 2.70. The Labute approximate surface area is 203 Å². The quantitative estimate of drug-likeness (QED) is 0.523. The van der Waals surface area contributed by atoms with Crippen LogP contribution in [0.4, 0.5) is 0 Å². The van der Waals surface area contributed by atoms with E-state index < -0.39 is 0 Å². The first-order valence-electron chi connectivity index (χ1n) is 10.8. The summed E-state index contributed by atoms with van der Waals surface area (Å²) in [6.45, 7) is 1.69. The van der Waals surface area contributed by atoms with Gasteiger partial charge in [-0.25, -0.2) is 0 Å². The predicted molar refractivity (Wildman–Crippen MR) is 132 cm³/mol. The Morgan fingerprint density at radius 2 is 1.88 bits per heavy atom. The van der Waals surface area contributed by atoms with E-state index in [1.165, 1.54) is 11.3 Å². The van der Waals surface area contributed by atoms with Crippen LogP contribution in [0, 0.1) is 5.92 Å². The van der Waals surface area contributed by atoms with E-state index in [0.717, 1.165) is 17.0 Å². The fourth-order valence-electron chi connectivity index (χ4n) is 4.73. The van der Waals surface area contributed by atoms with Crippen LogP contribution in [-0.4, -0.2) is 34.4 Å². The highest BCUT2D eigenvalue weighted by Gasteiger charge is 2.37. The van der Waals surface area contributed by atoms with Crippen LogP contribution in [0.3, 0.4) is 0 Å². The number of fused-ring (bicyclic) bond motifs is 4. The summed E-state index contributed by atoms with van der Waals surface area (Å²) >= 11 is 4.92. The van der Waals surface area contributed by atoms with Gasteiger partial charge in [0, 0.05) is 46.7 Å². The van der Waals surface area contributed by atoms with Gasteiger partial charge in [-0.05, 0) is 64.0 Å². The minimum absolute atomic E-state index is 0.0148. The van der Waals surface area contributed by atoms with Crippen LogP contribution in [0.2, 0.25) is 0 Å². The number of hydrogen-bond donors (Lipinski definition) is 1. The van der Waals surface area contributed by atoms with E-state index in [-0.39, 0.29) is 34.9 Å². The molecule has 8 heteroatoms. The van der Waals surface area contributed by atoms with Crippen LogP contribution >= 0.6 is 27.3 Å². The Hall–Kier alpha value is -2.97. The first kappa shape index (κ1) is 21.9. The number of carbonyl (C=O) groups is 2. The second-order valence-electron chi connectivity index (χ2n) is 8.42. The Morgan fingerprint density at radius 3 is 2.67 bits per heavy atom. The van der Waals surface area contributed by atoms with Gasteiger partial charge in [0.15, 0.2) is 0 Å². The molecule has 1 N–H and O–H groups in total. The number of rotatable bonds is 4. The van der Waals surface area contributed by atoms with E-state index in [0.29, 0.717) is 29.7 Å². The third kappa shape index (κ3) is 4.45. The molecule has 4 heterocycles. The minimum atomic E-state index is -0.340. The summed E-state index contributed by atoms with van der Waals surface area (Å²) in [4.78, 5) is 41.7. The molecule has 0 radical (unpaired) electrons. The van der Waals surface area contributed by atoms with Crippen molar-refractivity contribution in [2.45, 2.75) is 18.9 Å². The first-order valence-corrected chi connectivity index (χ1v) is 12.5. The molecule has 1 fully saturated rings. The highest BCUT2D eigenvalue weighted by atomic mass is 79.9. The molecule has 2 aromatic heterocycles. The summed E-state index contributed by atoms with van der Waals surface area (Å²) in [6, 6.07) is 16.3. The van der Waals surface area contributed by atoms with Gasteiger partial charge in [-0.15, -0.1) is 11.3 Å². The highest BCUT2D eigenvalue weighted by molar-refractivity contribution is 9.10. The fourth-order valence-corrected chi connectivity index (χ4v) is 5.86. The Bertz CT molecular complexity index is 1300. The maximum Gasteiger partial charge on any atom is 0.270 e. The number of benzene rings is 1. The lowest BCUT2D eigenvalue weighted by molar-refractivity contribution is -0.130. The van der Waals surface area contributed by atoms with E-state index >= 15 is 0 Å². The number of pyridine rings is 1. The molecule has 168 valence electrons. The van der Waals surface area contributed by atoms with Gasteiger partial charge in [-0.2, -0.15) is 0 Å². The predicted octanol–water partition coefficient (Wildman–Crippen LogP) is 4.09. The number of amides is 2. The van der Waals surface area contributed by atoms with Crippen LogP contribution in [0.1, 0.15) is 33.3 Å². The number of halogens is 1. The van der Waals surface area contributed by atoms with Crippen molar-refractivity contribution < 1.29 is 9.59 Å². The molecule has 2 bridgehead atoms. The van der Waals surface area contributed by atoms with Gasteiger partial charge in [0.2, 0.25) is 0 Å². The van der Waals surface area contributed by atoms with E-state index in [1.807, 2.05) is 39.1 Å².